The highest BCUT2D eigenvalue weighted by Crippen LogP contribution is 2.20. The van der Waals surface area contributed by atoms with Crippen LogP contribution >= 0.6 is 0 Å². The van der Waals surface area contributed by atoms with Gasteiger partial charge in [-0.1, -0.05) is 36.4 Å². The van der Waals surface area contributed by atoms with E-state index in [2.05, 4.69) is 0 Å². The third-order valence-electron chi connectivity index (χ3n) is 2.93. The molecule has 2 rings (SSSR count). The van der Waals surface area contributed by atoms with Crippen molar-refractivity contribution in [3.8, 4) is 5.75 Å². The molecule has 2 aromatic carbocycles. The van der Waals surface area contributed by atoms with Crippen LogP contribution in [0.1, 0.15) is 11.1 Å². The summed E-state index contributed by atoms with van der Waals surface area (Å²) >= 11 is 0. The molecule has 0 fully saturated rings. The number of benzene rings is 2. The van der Waals surface area contributed by atoms with Gasteiger partial charge < -0.3 is 5.11 Å². The molecule has 19 heavy (non-hydrogen) atoms. The molecule has 0 aliphatic heterocycles. The number of sulfonamides is 1. The molecule has 0 aliphatic rings. The van der Waals surface area contributed by atoms with E-state index in [1.54, 1.807) is 30.3 Å². The zero-order chi connectivity index (χ0) is 13.9. The van der Waals surface area contributed by atoms with Crippen LogP contribution in [-0.2, 0) is 22.9 Å². The van der Waals surface area contributed by atoms with Gasteiger partial charge in [-0.3, -0.25) is 0 Å². The Balaban J connectivity index is 2.24. The molecule has 100 valence electrons. The quantitative estimate of drug-likeness (QED) is 0.894. The zero-order valence-corrected chi connectivity index (χ0v) is 11.1. The number of hydrogen-bond donors (Lipinski definition) is 2. The van der Waals surface area contributed by atoms with Crippen molar-refractivity contribution in [2.24, 2.45) is 5.14 Å². The number of aromatic hydroxyl groups is 1. The first-order chi connectivity index (χ1) is 8.98. The van der Waals surface area contributed by atoms with Gasteiger partial charge in [0.05, 0.1) is 4.90 Å². The molecule has 0 aliphatic carbocycles. The van der Waals surface area contributed by atoms with E-state index in [9.17, 15) is 13.5 Å². The molecule has 0 heterocycles. The topological polar surface area (TPSA) is 80.4 Å². The maximum Gasteiger partial charge on any atom is 0.238 e. The summed E-state index contributed by atoms with van der Waals surface area (Å²) < 4.78 is 22.9. The summed E-state index contributed by atoms with van der Waals surface area (Å²) in [5.74, 6) is 0.218. The fraction of sp³-hybridized carbons (Fsp3) is 0.143. The normalized spacial score (nSPS) is 11.4. The van der Waals surface area contributed by atoms with Gasteiger partial charge >= 0.3 is 0 Å². The van der Waals surface area contributed by atoms with Crippen LogP contribution in [0.15, 0.2) is 53.4 Å². The first-order valence-corrected chi connectivity index (χ1v) is 7.40. The number of para-hydroxylation sites is 1. The molecule has 0 amide bonds. The van der Waals surface area contributed by atoms with E-state index in [0.717, 1.165) is 5.56 Å². The third kappa shape index (κ3) is 3.33. The van der Waals surface area contributed by atoms with Gasteiger partial charge in [-0.2, -0.15) is 0 Å². The van der Waals surface area contributed by atoms with Gasteiger partial charge in [-0.05, 0) is 36.1 Å². The minimum atomic E-state index is -3.71. The minimum absolute atomic E-state index is 0.144. The second kappa shape index (κ2) is 5.42. The Morgan fingerprint density at radius 3 is 2.05 bits per heavy atom. The number of aryl methyl sites for hydroxylation is 2. The summed E-state index contributed by atoms with van der Waals surface area (Å²) in [7, 11) is -3.71. The van der Waals surface area contributed by atoms with E-state index in [0.29, 0.717) is 18.4 Å². The van der Waals surface area contributed by atoms with Crippen molar-refractivity contribution in [1.82, 2.24) is 0 Å². The van der Waals surface area contributed by atoms with Crippen molar-refractivity contribution in [3.63, 3.8) is 0 Å². The van der Waals surface area contributed by atoms with Gasteiger partial charge in [-0.25, -0.2) is 13.6 Å². The van der Waals surface area contributed by atoms with Crippen LogP contribution < -0.4 is 5.14 Å². The van der Waals surface area contributed by atoms with Gasteiger partial charge in [-0.15, -0.1) is 0 Å². The summed E-state index contributed by atoms with van der Waals surface area (Å²) in [6.07, 6.45) is 1.06. The second-order valence-electron chi connectivity index (χ2n) is 4.28. The monoisotopic (exact) mass is 277 g/mol. The summed E-state index contributed by atoms with van der Waals surface area (Å²) in [5.41, 5.74) is 1.44. The molecule has 0 radical (unpaired) electrons. The lowest BCUT2D eigenvalue weighted by Crippen LogP contribution is -2.14. The van der Waals surface area contributed by atoms with Crippen LogP contribution in [0.4, 0.5) is 0 Å². The predicted octanol–water partition coefficient (Wildman–Crippen LogP) is 1.82. The Labute approximate surface area is 112 Å². The Morgan fingerprint density at radius 1 is 0.895 bits per heavy atom. The average molecular weight is 277 g/mol. The molecule has 0 bridgehead atoms. The maximum atomic E-state index is 11.5. The highest BCUT2D eigenvalue weighted by Gasteiger charge is 2.13. The van der Waals surface area contributed by atoms with Crippen LogP contribution in [0.25, 0.3) is 0 Å². The van der Waals surface area contributed by atoms with Crippen LogP contribution in [0.3, 0.4) is 0 Å². The number of phenolic OH excluding ortho intramolecular Hbond substituents is 1. The van der Waals surface area contributed by atoms with Gasteiger partial charge in [0.2, 0.25) is 10.0 Å². The van der Waals surface area contributed by atoms with Crippen molar-refractivity contribution in [1.29, 1.82) is 0 Å². The smallest absolute Gasteiger partial charge is 0.238 e. The second-order valence-corrected chi connectivity index (χ2v) is 5.81. The van der Waals surface area contributed by atoms with E-state index >= 15 is 0 Å². The van der Waals surface area contributed by atoms with Gasteiger partial charge in [0.25, 0.3) is 0 Å². The van der Waals surface area contributed by atoms with Gasteiger partial charge in [0.15, 0.2) is 0 Å². The van der Waals surface area contributed by atoms with Crippen molar-refractivity contribution in [3.05, 3.63) is 59.7 Å². The van der Waals surface area contributed by atoms with E-state index in [1.165, 1.54) is 6.07 Å². The predicted molar refractivity (Wildman–Crippen MR) is 73.3 cm³/mol. The molecule has 2 aromatic rings. The number of nitrogens with two attached hydrogens (primary N) is 1. The highest BCUT2D eigenvalue weighted by atomic mass is 32.2. The molecule has 0 saturated carbocycles. The molecule has 0 saturated heterocycles. The first kappa shape index (κ1) is 13.6. The van der Waals surface area contributed by atoms with Crippen LogP contribution in [0.5, 0.6) is 5.75 Å². The van der Waals surface area contributed by atoms with Gasteiger partial charge in [0, 0.05) is 0 Å². The molecular formula is C14H15NO3S. The van der Waals surface area contributed by atoms with Crippen molar-refractivity contribution >= 4 is 10.0 Å². The fourth-order valence-corrected chi connectivity index (χ4v) is 2.78. The van der Waals surface area contributed by atoms with E-state index in [-0.39, 0.29) is 10.6 Å². The number of hydrogen-bond acceptors (Lipinski definition) is 3. The Hall–Kier alpha value is -1.85. The van der Waals surface area contributed by atoms with E-state index < -0.39 is 10.0 Å². The molecule has 3 N–H and O–H groups in total. The SMILES string of the molecule is NS(=O)(=O)c1ccccc1CCc1ccccc1O. The summed E-state index contributed by atoms with van der Waals surface area (Å²) in [5, 5.41) is 14.9. The largest absolute Gasteiger partial charge is 0.508 e. The van der Waals surface area contributed by atoms with Crippen molar-refractivity contribution in [2.75, 3.05) is 0 Å². The van der Waals surface area contributed by atoms with E-state index in [1.807, 2.05) is 12.1 Å². The van der Waals surface area contributed by atoms with Crippen LogP contribution in [-0.4, -0.2) is 13.5 Å². The third-order valence-corrected chi connectivity index (χ3v) is 3.95. The van der Waals surface area contributed by atoms with Crippen LogP contribution in [0.2, 0.25) is 0 Å². The number of rotatable bonds is 4. The Kier molecular flexibility index (Phi) is 3.87. The number of primary sulfonamides is 1. The first-order valence-electron chi connectivity index (χ1n) is 5.86. The summed E-state index contributed by atoms with van der Waals surface area (Å²) in [4.78, 5) is 0.144. The van der Waals surface area contributed by atoms with Crippen molar-refractivity contribution < 1.29 is 13.5 Å². The maximum absolute atomic E-state index is 11.5. The molecule has 0 spiro atoms. The lowest BCUT2D eigenvalue weighted by atomic mass is 10.0. The molecule has 0 aromatic heterocycles. The number of phenols is 1. The molecule has 0 unspecified atom stereocenters. The van der Waals surface area contributed by atoms with Gasteiger partial charge in [0.1, 0.15) is 5.75 Å². The van der Waals surface area contributed by atoms with E-state index in [4.69, 9.17) is 5.14 Å². The van der Waals surface area contributed by atoms with Crippen molar-refractivity contribution in [2.45, 2.75) is 17.7 Å². The Bertz CT molecular complexity index is 681. The standard InChI is InChI=1S/C14H15NO3S/c15-19(17,18)14-8-4-2-6-12(14)10-9-11-5-1-3-7-13(11)16/h1-8,16H,9-10H2,(H2,15,17,18). The zero-order valence-electron chi connectivity index (χ0n) is 10.3. The molecule has 4 nitrogen and oxygen atoms in total. The Morgan fingerprint density at radius 2 is 1.42 bits per heavy atom. The molecule has 0 atom stereocenters. The van der Waals surface area contributed by atoms with Crippen LogP contribution in [0, 0.1) is 0 Å². The minimum Gasteiger partial charge on any atom is -0.508 e. The average Bonchev–Trinajstić information content (AvgIpc) is 2.37. The lowest BCUT2D eigenvalue weighted by Gasteiger charge is -2.08. The summed E-state index contributed by atoms with van der Waals surface area (Å²) in [6, 6.07) is 13.7. The molecular weight excluding hydrogens is 262 g/mol. The fourth-order valence-electron chi connectivity index (χ4n) is 1.98. The lowest BCUT2D eigenvalue weighted by molar-refractivity contribution is 0.468. The summed E-state index contributed by atoms with van der Waals surface area (Å²) in [6.45, 7) is 0. The molecule has 5 heteroatoms. The highest BCUT2D eigenvalue weighted by molar-refractivity contribution is 7.89.